The highest BCUT2D eigenvalue weighted by Crippen LogP contribution is 2.38. The minimum absolute atomic E-state index is 0.257. The molecule has 0 saturated carbocycles. The van der Waals surface area contributed by atoms with Crippen LogP contribution in [0.15, 0.2) is 40.0 Å². The van der Waals surface area contributed by atoms with Crippen molar-refractivity contribution < 1.29 is 28.2 Å². The highest BCUT2D eigenvalue weighted by atomic mass is 16.5. The van der Waals surface area contributed by atoms with Crippen LogP contribution in [0.5, 0.6) is 17.2 Å². The summed E-state index contributed by atoms with van der Waals surface area (Å²) in [5.74, 6) is 0.627. The Morgan fingerprint density at radius 3 is 2.30 bits per heavy atom. The second-order valence-corrected chi connectivity index (χ2v) is 5.31. The second kappa shape index (κ2) is 9.27. The standard InChI is InChI=1S/C18H21N3O6/c1-11(13-6-5-7-27-13)20-21-16(22)10-19-18(23)12-8-14(24-2)17(26-4)15(9-12)25-3/h5-9H,10H2,1-4H3,(H,19,23)(H,21,22)/b20-11-. The number of nitrogens with one attached hydrogen (secondary N) is 2. The van der Waals surface area contributed by atoms with Gasteiger partial charge in [0.2, 0.25) is 5.75 Å². The van der Waals surface area contributed by atoms with Crippen LogP contribution in [0.2, 0.25) is 0 Å². The first-order valence-corrected chi connectivity index (χ1v) is 7.95. The lowest BCUT2D eigenvalue weighted by Crippen LogP contribution is -2.35. The summed E-state index contributed by atoms with van der Waals surface area (Å²) in [6, 6.07) is 6.42. The van der Waals surface area contributed by atoms with Gasteiger partial charge in [-0.25, -0.2) is 5.43 Å². The largest absolute Gasteiger partial charge is 0.493 e. The molecule has 1 aromatic carbocycles. The first kappa shape index (κ1) is 19.8. The zero-order valence-electron chi connectivity index (χ0n) is 15.5. The number of benzene rings is 1. The van der Waals surface area contributed by atoms with Crippen molar-refractivity contribution in [2.24, 2.45) is 5.10 Å². The number of hydrazone groups is 1. The molecule has 2 rings (SSSR count). The van der Waals surface area contributed by atoms with Gasteiger partial charge < -0.3 is 23.9 Å². The maximum absolute atomic E-state index is 12.3. The fourth-order valence-corrected chi connectivity index (χ4v) is 2.20. The van der Waals surface area contributed by atoms with Crippen LogP contribution in [-0.4, -0.2) is 45.4 Å². The Labute approximate surface area is 156 Å². The summed E-state index contributed by atoms with van der Waals surface area (Å²) < 4.78 is 20.8. The van der Waals surface area contributed by atoms with E-state index in [1.165, 1.54) is 39.7 Å². The van der Waals surface area contributed by atoms with Gasteiger partial charge in [0.15, 0.2) is 11.5 Å². The molecule has 144 valence electrons. The molecule has 9 nitrogen and oxygen atoms in total. The van der Waals surface area contributed by atoms with E-state index in [1.54, 1.807) is 19.1 Å². The van der Waals surface area contributed by atoms with Gasteiger partial charge in [-0.2, -0.15) is 5.10 Å². The molecule has 0 unspecified atom stereocenters. The lowest BCUT2D eigenvalue weighted by molar-refractivity contribution is -0.120. The van der Waals surface area contributed by atoms with E-state index in [1.807, 2.05) is 0 Å². The van der Waals surface area contributed by atoms with Crippen molar-refractivity contribution in [3.63, 3.8) is 0 Å². The monoisotopic (exact) mass is 375 g/mol. The SMILES string of the molecule is COc1cc(C(=O)NCC(=O)N/N=C(/C)c2ccco2)cc(OC)c1OC. The van der Waals surface area contributed by atoms with E-state index in [2.05, 4.69) is 15.8 Å². The molecule has 2 N–H and O–H groups in total. The second-order valence-electron chi connectivity index (χ2n) is 5.31. The van der Waals surface area contributed by atoms with Gasteiger partial charge in [-0.1, -0.05) is 0 Å². The van der Waals surface area contributed by atoms with Gasteiger partial charge in [0.05, 0.1) is 34.1 Å². The van der Waals surface area contributed by atoms with E-state index in [-0.39, 0.29) is 12.1 Å². The minimum Gasteiger partial charge on any atom is -0.493 e. The number of hydrogen-bond acceptors (Lipinski definition) is 7. The number of amides is 2. The number of ether oxygens (including phenoxy) is 3. The quantitative estimate of drug-likeness (QED) is 0.535. The molecule has 0 saturated heterocycles. The predicted molar refractivity (Wildman–Crippen MR) is 97.5 cm³/mol. The van der Waals surface area contributed by atoms with Gasteiger partial charge in [0, 0.05) is 5.56 Å². The summed E-state index contributed by atoms with van der Waals surface area (Å²) in [4.78, 5) is 24.2. The van der Waals surface area contributed by atoms with E-state index >= 15 is 0 Å². The van der Waals surface area contributed by atoms with Crippen LogP contribution in [-0.2, 0) is 4.79 Å². The van der Waals surface area contributed by atoms with Crippen LogP contribution in [0.1, 0.15) is 23.0 Å². The van der Waals surface area contributed by atoms with Crippen LogP contribution in [0.4, 0.5) is 0 Å². The summed E-state index contributed by atoms with van der Waals surface area (Å²) in [7, 11) is 4.37. The van der Waals surface area contributed by atoms with Gasteiger partial charge in [-0.15, -0.1) is 0 Å². The Morgan fingerprint density at radius 1 is 1.11 bits per heavy atom. The molecule has 0 atom stereocenters. The van der Waals surface area contributed by atoms with Crippen molar-refractivity contribution >= 4 is 17.5 Å². The van der Waals surface area contributed by atoms with Crippen LogP contribution in [0, 0.1) is 0 Å². The average molecular weight is 375 g/mol. The van der Waals surface area contributed by atoms with Gasteiger partial charge in [-0.3, -0.25) is 9.59 Å². The number of hydrogen-bond donors (Lipinski definition) is 2. The van der Waals surface area contributed by atoms with E-state index < -0.39 is 11.8 Å². The van der Waals surface area contributed by atoms with E-state index in [0.29, 0.717) is 28.7 Å². The molecular weight excluding hydrogens is 354 g/mol. The lowest BCUT2D eigenvalue weighted by Gasteiger charge is -2.14. The summed E-state index contributed by atoms with van der Waals surface area (Å²) in [6.45, 7) is 1.43. The van der Waals surface area contributed by atoms with E-state index in [9.17, 15) is 9.59 Å². The van der Waals surface area contributed by atoms with Gasteiger partial charge in [-0.05, 0) is 31.2 Å². The molecule has 0 aliphatic heterocycles. The van der Waals surface area contributed by atoms with Crippen molar-refractivity contribution in [1.82, 2.24) is 10.7 Å². The average Bonchev–Trinajstić information content (AvgIpc) is 3.23. The number of furan rings is 1. The number of carbonyl (C=O) groups is 2. The topological polar surface area (TPSA) is 111 Å². The highest BCUT2D eigenvalue weighted by molar-refractivity contribution is 5.99. The maximum atomic E-state index is 12.3. The first-order valence-electron chi connectivity index (χ1n) is 7.95. The number of nitrogens with zero attached hydrogens (tertiary/aromatic N) is 1. The number of carbonyl (C=O) groups excluding carboxylic acids is 2. The smallest absolute Gasteiger partial charge is 0.259 e. The Kier molecular flexibility index (Phi) is 6.81. The zero-order chi connectivity index (χ0) is 19.8. The molecule has 2 amide bonds. The molecule has 0 spiro atoms. The minimum atomic E-state index is -0.485. The molecule has 0 aliphatic carbocycles. The third-order valence-electron chi connectivity index (χ3n) is 3.56. The molecule has 1 heterocycles. The molecule has 27 heavy (non-hydrogen) atoms. The highest BCUT2D eigenvalue weighted by Gasteiger charge is 2.17. The van der Waals surface area contributed by atoms with Crippen molar-refractivity contribution in [3.05, 3.63) is 41.9 Å². The Balaban J connectivity index is 1.99. The predicted octanol–water partition coefficient (Wildman–Crippen LogP) is 1.58. The van der Waals surface area contributed by atoms with Crippen LogP contribution in [0.3, 0.4) is 0 Å². The van der Waals surface area contributed by atoms with Gasteiger partial charge in [0.1, 0.15) is 11.5 Å². The first-order chi connectivity index (χ1) is 13.0. The maximum Gasteiger partial charge on any atom is 0.259 e. The van der Waals surface area contributed by atoms with Crippen LogP contribution >= 0.6 is 0 Å². The van der Waals surface area contributed by atoms with Gasteiger partial charge in [0.25, 0.3) is 11.8 Å². The Bertz CT molecular complexity index is 805. The molecule has 0 radical (unpaired) electrons. The number of methoxy groups -OCH3 is 3. The molecule has 0 aliphatic rings. The van der Waals surface area contributed by atoms with E-state index in [0.717, 1.165) is 0 Å². The fraction of sp³-hybridized carbons (Fsp3) is 0.278. The van der Waals surface area contributed by atoms with Crippen molar-refractivity contribution in [2.45, 2.75) is 6.92 Å². The molecule has 0 fully saturated rings. The normalized spacial score (nSPS) is 10.9. The summed E-state index contributed by atoms with van der Waals surface area (Å²) in [5, 5.41) is 6.41. The van der Waals surface area contributed by atoms with Gasteiger partial charge >= 0.3 is 0 Å². The molecule has 9 heteroatoms. The van der Waals surface area contributed by atoms with Crippen LogP contribution < -0.4 is 25.0 Å². The molecule has 1 aromatic heterocycles. The summed E-state index contributed by atoms with van der Waals surface area (Å²) in [5.41, 5.74) is 3.11. The summed E-state index contributed by atoms with van der Waals surface area (Å²) >= 11 is 0. The van der Waals surface area contributed by atoms with Crippen molar-refractivity contribution in [1.29, 1.82) is 0 Å². The Morgan fingerprint density at radius 2 is 1.78 bits per heavy atom. The molecule has 2 aromatic rings. The zero-order valence-corrected chi connectivity index (χ0v) is 15.5. The third-order valence-corrected chi connectivity index (χ3v) is 3.56. The molecule has 0 bridgehead atoms. The summed E-state index contributed by atoms with van der Waals surface area (Å²) in [6.07, 6.45) is 1.51. The number of rotatable bonds is 8. The molecular formula is C18H21N3O6. The van der Waals surface area contributed by atoms with E-state index in [4.69, 9.17) is 18.6 Å². The third kappa shape index (κ3) is 5.00. The fourth-order valence-electron chi connectivity index (χ4n) is 2.20. The van der Waals surface area contributed by atoms with Crippen molar-refractivity contribution in [3.8, 4) is 17.2 Å². The lowest BCUT2D eigenvalue weighted by atomic mass is 10.1. The Hall–Kier alpha value is -3.49. The van der Waals surface area contributed by atoms with Crippen LogP contribution in [0.25, 0.3) is 0 Å². The van der Waals surface area contributed by atoms with Crippen molar-refractivity contribution in [2.75, 3.05) is 27.9 Å².